The van der Waals surface area contributed by atoms with Crippen molar-refractivity contribution in [3.8, 4) is 5.75 Å². The van der Waals surface area contributed by atoms with Crippen LogP contribution in [0.15, 0.2) is 60.2 Å². The average molecular weight is 534 g/mol. The molecule has 1 heterocycles. The molecule has 0 radical (unpaired) electrons. The number of urea groups is 1. The fraction of sp³-hybridized carbons (Fsp3) is 0.0800. The lowest BCUT2D eigenvalue weighted by molar-refractivity contribution is -0.122. The van der Waals surface area contributed by atoms with Gasteiger partial charge in [0.1, 0.15) is 18.0 Å². The highest BCUT2D eigenvalue weighted by Gasteiger charge is 2.37. The summed E-state index contributed by atoms with van der Waals surface area (Å²) in [5.41, 5.74) is 1.50. The number of carbonyl (C=O) groups excluding carboxylic acids is 3. The van der Waals surface area contributed by atoms with E-state index in [0.29, 0.717) is 21.7 Å². The van der Waals surface area contributed by atoms with E-state index in [9.17, 15) is 18.8 Å². The number of hydrogen-bond donors (Lipinski definition) is 1. The molecule has 0 unspecified atom stereocenters. The summed E-state index contributed by atoms with van der Waals surface area (Å²) < 4.78 is 18.8. The van der Waals surface area contributed by atoms with Crippen molar-refractivity contribution in [2.45, 2.75) is 13.5 Å². The van der Waals surface area contributed by atoms with Gasteiger partial charge < -0.3 is 4.74 Å². The van der Waals surface area contributed by atoms with E-state index in [0.717, 1.165) is 4.90 Å². The number of carbonyl (C=O) groups is 3. The van der Waals surface area contributed by atoms with Crippen LogP contribution in [0.1, 0.15) is 16.7 Å². The Morgan fingerprint density at radius 2 is 1.63 bits per heavy atom. The zero-order valence-electron chi connectivity index (χ0n) is 18.1. The molecule has 1 aliphatic rings. The molecule has 3 aromatic rings. The monoisotopic (exact) mass is 532 g/mol. The van der Waals surface area contributed by atoms with Crippen LogP contribution < -0.4 is 15.0 Å². The van der Waals surface area contributed by atoms with Crippen LogP contribution in [-0.4, -0.2) is 17.8 Å². The average Bonchev–Trinajstić information content (AvgIpc) is 2.80. The van der Waals surface area contributed by atoms with Gasteiger partial charge in [-0.15, -0.1) is 0 Å². The second-order valence-electron chi connectivity index (χ2n) is 7.57. The number of rotatable bonds is 5. The summed E-state index contributed by atoms with van der Waals surface area (Å²) >= 11 is 18.8. The molecular formula is C25H16Cl3FN2O4. The van der Waals surface area contributed by atoms with E-state index in [1.54, 1.807) is 37.3 Å². The molecule has 6 nitrogen and oxygen atoms in total. The molecule has 1 aliphatic heterocycles. The number of benzene rings is 3. The number of imide groups is 2. The van der Waals surface area contributed by atoms with E-state index in [-0.39, 0.29) is 39.5 Å². The molecule has 0 atom stereocenters. The molecule has 0 bridgehead atoms. The highest BCUT2D eigenvalue weighted by molar-refractivity contribution is 6.40. The first-order chi connectivity index (χ1) is 16.7. The fourth-order valence-corrected chi connectivity index (χ4v) is 4.20. The molecule has 10 heteroatoms. The zero-order chi connectivity index (χ0) is 25.3. The number of ether oxygens (including phenoxy) is 1. The first-order valence-corrected chi connectivity index (χ1v) is 11.3. The van der Waals surface area contributed by atoms with Crippen LogP contribution in [0.25, 0.3) is 6.08 Å². The largest absolute Gasteiger partial charge is 0.486 e. The molecule has 1 fully saturated rings. The van der Waals surface area contributed by atoms with E-state index in [1.165, 1.54) is 30.3 Å². The van der Waals surface area contributed by atoms with Crippen LogP contribution in [0.5, 0.6) is 5.75 Å². The van der Waals surface area contributed by atoms with Crippen LogP contribution in [0, 0.1) is 12.7 Å². The zero-order valence-corrected chi connectivity index (χ0v) is 20.3. The number of barbiturate groups is 1. The third kappa shape index (κ3) is 5.17. The van der Waals surface area contributed by atoms with Gasteiger partial charge in [0, 0.05) is 5.02 Å². The van der Waals surface area contributed by atoms with Crippen molar-refractivity contribution in [3.05, 3.63) is 97.7 Å². The van der Waals surface area contributed by atoms with Crippen molar-refractivity contribution in [2.24, 2.45) is 0 Å². The SMILES string of the molecule is Cc1c(Cl)cccc1N1C(=O)NC(=O)/C(=C\c2cc(Cl)c(OCc3ccc(F)cc3)c(Cl)c2)C1=O. The Balaban J connectivity index is 1.63. The van der Waals surface area contributed by atoms with E-state index in [4.69, 9.17) is 39.5 Å². The third-order valence-corrected chi connectivity index (χ3v) is 6.18. The maximum atomic E-state index is 13.2. The Kier molecular flexibility index (Phi) is 7.12. The van der Waals surface area contributed by atoms with Crippen molar-refractivity contribution in [1.29, 1.82) is 0 Å². The lowest BCUT2D eigenvalue weighted by Crippen LogP contribution is -2.54. The van der Waals surface area contributed by atoms with Gasteiger partial charge in [-0.05, 0) is 66.1 Å². The van der Waals surface area contributed by atoms with Crippen molar-refractivity contribution < 1.29 is 23.5 Å². The molecule has 3 aromatic carbocycles. The van der Waals surface area contributed by atoms with Crippen LogP contribution in [0.4, 0.5) is 14.9 Å². The lowest BCUT2D eigenvalue weighted by Gasteiger charge is -2.27. The Morgan fingerprint density at radius 1 is 0.971 bits per heavy atom. The molecule has 0 aliphatic carbocycles. The van der Waals surface area contributed by atoms with Gasteiger partial charge >= 0.3 is 6.03 Å². The van der Waals surface area contributed by atoms with Gasteiger partial charge in [0.05, 0.1) is 15.7 Å². The summed E-state index contributed by atoms with van der Waals surface area (Å²) in [5, 5.41) is 2.78. The minimum absolute atomic E-state index is 0.0944. The summed E-state index contributed by atoms with van der Waals surface area (Å²) in [6.07, 6.45) is 1.28. The summed E-state index contributed by atoms with van der Waals surface area (Å²) in [7, 11) is 0. The normalized spacial score (nSPS) is 14.9. The maximum absolute atomic E-state index is 13.2. The van der Waals surface area contributed by atoms with Crippen LogP contribution in [0.2, 0.25) is 15.1 Å². The topological polar surface area (TPSA) is 75.7 Å². The first-order valence-electron chi connectivity index (χ1n) is 10.2. The van der Waals surface area contributed by atoms with Crippen molar-refractivity contribution in [3.63, 3.8) is 0 Å². The lowest BCUT2D eigenvalue weighted by atomic mass is 10.1. The number of halogens is 4. The number of hydrogen-bond acceptors (Lipinski definition) is 4. The molecule has 1 N–H and O–H groups in total. The number of anilines is 1. The van der Waals surface area contributed by atoms with Crippen LogP contribution in [-0.2, 0) is 16.2 Å². The summed E-state index contributed by atoms with van der Waals surface area (Å²) in [5.74, 6) is -1.87. The Morgan fingerprint density at radius 3 is 2.29 bits per heavy atom. The van der Waals surface area contributed by atoms with Crippen LogP contribution >= 0.6 is 34.8 Å². The standard InChI is InChI=1S/C25H16Cl3FN2O4/c1-13-18(26)3-2-4-21(13)31-24(33)17(23(32)30-25(31)34)9-15-10-19(27)22(20(28)11-15)35-12-14-5-7-16(29)8-6-14/h2-11H,12H2,1H3,(H,30,32,34)/b17-9+. The molecule has 178 valence electrons. The Bertz CT molecular complexity index is 1370. The van der Waals surface area contributed by atoms with Crippen LogP contribution in [0.3, 0.4) is 0 Å². The van der Waals surface area contributed by atoms with Crippen molar-refractivity contribution >= 4 is 64.4 Å². The minimum atomic E-state index is -0.886. The first kappa shape index (κ1) is 24.7. The molecule has 35 heavy (non-hydrogen) atoms. The molecule has 0 saturated carbocycles. The molecule has 0 aromatic heterocycles. The van der Waals surface area contributed by atoms with E-state index in [1.807, 2.05) is 0 Å². The van der Waals surface area contributed by atoms with E-state index in [2.05, 4.69) is 5.32 Å². The van der Waals surface area contributed by atoms with Gasteiger partial charge in [0.25, 0.3) is 11.8 Å². The Labute approximate surface area is 214 Å². The van der Waals surface area contributed by atoms with Gasteiger partial charge in [0.15, 0.2) is 5.75 Å². The van der Waals surface area contributed by atoms with Gasteiger partial charge in [-0.3, -0.25) is 14.9 Å². The molecule has 4 rings (SSSR count). The highest BCUT2D eigenvalue weighted by Crippen LogP contribution is 2.36. The van der Waals surface area contributed by atoms with Crippen molar-refractivity contribution in [1.82, 2.24) is 5.32 Å². The highest BCUT2D eigenvalue weighted by atomic mass is 35.5. The van der Waals surface area contributed by atoms with Gasteiger partial charge in [-0.1, -0.05) is 53.0 Å². The molecule has 0 spiro atoms. The predicted molar refractivity (Wildman–Crippen MR) is 132 cm³/mol. The second kappa shape index (κ2) is 10.1. The molecule has 1 saturated heterocycles. The third-order valence-electron chi connectivity index (χ3n) is 5.21. The minimum Gasteiger partial charge on any atom is -0.486 e. The fourth-order valence-electron chi connectivity index (χ4n) is 3.42. The van der Waals surface area contributed by atoms with E-state index < -0.39 is 17.8 Å². The van der Waals surface area contributed by atoms with Crippen molar-refractivity contribution in [2.75, 3.05) is 4.90 Å². The van der Waals surface area contributed by atoms with Gasteiger partial charge in [-0.25, -0.2) is 14.1 Å². The summed E-state index contributed by atoms with van der Waals surface area (Å²) in [6, 6.07) is 12.6. The Hall–Kier alpha value is -3.39. The quantitative estimate of drug-likeness (QED) is 0.307. The molecular weight excluding hydrogens is 518 g/mol. The second-order valence-corrected chi connectivity index (χ2v) is 8.79. The smallest absolute Gasteiger partial charge is 0.335 e. The van der Waals surface area contributed by atoms with E-state index >= 15 is 0 Å². The number of nitrogens with zero attached hydrogens (tertiary/aromatic N) is 1. The predicted octanol–water partition coefficient (Wildman–Crippen LogP) is 6.34. The number of nitrogens with one attached hydrogen (secondary N) is 1. The number of amides is 4. The van der Waals surface area contributed by atoms with Gasteiger partial charge in [0.2, 0.25) is 0 Å². The summed E-state index contributed by atoms with van der Waals surface area (Å²) in [4.78, 5) is 38.9. The van der Waals surface area contributed by atoms with Gasteiger partial charge in [-0.2, -0.15) is 0 Å². The maximum Gasteiger partial charge on any atom is 0.335 e. The summed E-state index contributed by atoms with van der Waals surface area (Å²) in [6.45, 7) is 1.75. The molecule has 4 amide bonds.